The van der Waals surface area contributed by atoms with Crippen molar-refractivity contribution >= 4 is 16.9 Å². The normalized spacial score (nSPS) is 15.4. The third-order valence-corrected chi connectivity index (χ3v) is 4.72. The molecule has 1 heterocycles. The Kier molecular flexibility index (Phi) is 3.81. The molecule has 4 nitrogen and oxygen atoms in total. The van der Waals surface area contributed by atoms with E-state index < -0.39 is 0 Å². The average Bonchev–Trinajstić information content (AvgIpc) is 3.39. The minimum absolute atomic E-state index is 0.0435. The molecule has 1 aliphatic rings. The molecule has 1 saturated carbocycles. The first-order chi connectivity index (χ1) is 11.7. The van der Waals surface area contributed by atoms with Gasteiger partial charge in [-0.1, -0.05) is 42.5 Å². The van der Waals surface area contributed by atoms with E-state index in [0.29, 0.717) is 12.5 Å². The molecule has 24 heavy (non-hydrogen) atoms. The Balaban J connectivity index is 1.54. The van der Waals surface area contributed by atoms with Crippen molar-refractivity contribution < 1.29 is 4.79 Å². The summed E-state index contributed by atoms with van der Waals surface area (Å²) < 4.78 is 1.99. The zero-order valence-corrected chi connectivity index (χ0v) is 13.8. The molecule has 4 heteroatoms. The number of aryl methyl sites for hydroxylation is 1. The van der Waals surface area contributed by atoms with Crippen LogP contribution < -0.4 is 5.32 Å². The van der Waals surface area contributed by atoms with Crippen LogP contribution in [-0.2, 0) is 11.3 Å². The molecule has 3 aromatic rings. The van der Waals surface area contributed by atoms with Crippen LogP contribution in [0.1, 0.15) is 30.3 Å². The molecule has 0 bridgehead atoms. The van der Waals surface area contributed by atoms with Crippen LogP contribution in [0.25, 0.3) is 11.0 Å². The molecule has 1 unspecified atom stereocenters. The van der Waals surface area contributed by atoms with Gasteiger partial charge in [0.25, 0.3) is 0 Å². The Morgan fingerprint density at radius 1 is 1.17 bits per heavy atom. The molecule has 2 aromatic carbocycles. The van der Waals surface area contributed by atoms with Crippen LogP contribution in [-0.4, -0.2) is 15.5 Å². The largest absolute Gasteiger partial charge is 0.347 e. The van der Waals surface area contributed by atoms with Crippen LogP contribution in [0.5, 0.6) is 0 Å². The van der Waals surface area contributed by atoms with Crippen LogP contribution >= 0.6 is 0 Å². The molecule has 1 amide bonds. The van der Waals surface area contributed by atoms with Gasteiger partial charge >= 0.3 is 0 Å². The summed E-state index contributed by atoms with van der Waals surface area (Å²) in [5.41, 5.74) is 3.14. The lowest BCUT2D eigenvalue weighted by molar-refractivity contribution is -0.122. The smallest absolute Gasteiger partial charge is 0.240 e. The molecular formula is C20H21N3O. The van der Waals surface area contributed by atoms with Crippen molar-refractivity contribution in [1.82, 2.24) is 14.9 Å². The van der Waals surface area contributed by atoms with Gasteiger partial charge < -0.3 is 9.88 Å². The molecule has 122 valence electrons. The van der Waals surface area contributed by atoms with E-state index in [4.69, 9.17) is 0 Å². The number of amides is 1. The highest BCUT2D eigenvalue weighted by Gasteiger charge is 2.33. The number of imidazole rings is 1. The van der Waals surface area contributed by atoms with Crippen molar-refractivity contribution in [2.24, 2.45) is 5.92 Å². The van der Waals surface area contributed by atoms with Gasteiger partial charge in [-0.2, -0.15) is 0 Å². The number of rotatable bonds is 5. The number of hydrogen-bond donors (Lipinski definition) is 1. The van der Waals surface area contributed by atoms with Crippen LogP contribution in [0.2, 0.25) is 0 Å². The quantitative estimate of drug-likeness (QED) is 0.781. The van der Waals surface area contributed by atoms with E-state index >= 15 is 0 Å². The second-order valence-electron chi connectivity index (χ2n) is 6.53. The molecular weight excluding hydrogens is 298 g/mol. The van der Waals surface area contributed by atoms with E-state index in [1.165, 1.54) is 18.4 Å². The lowest BCUT2D eigenvalue weighted by Gasteiger charge is -2.19. The number of para-hydroxylation sites is 2. The Labute approximate surface area is 141 Å². The summed E-state index contributed by atoms with van der Waals surface area (Å²) in [7, 11) is 0. The molecule has 1 aliphatic carbocycles. The first kappa shape index (κ1) is 14.9. The van der Waals surface area contributed by atoms with Crippen molar-refractivity contribution in [3.8, 4) is 0 Å². The van der Waals surface area contributed by atoms with Crippen LogP contribution in [0.15, 0.2) is 54.6 Å². The first-order valence-electron chi connectivity index (χ1n) is 8.48. The summed E-state index contributed by atoms with van der Waals surface area (Å²) in [6, 6.07) is 18.3. The highest BCUT2D eigenvalue weighted by atomic mass is 16.2. The number of aromatic nitrogens is 2. The van der Waals surface area contributed by atoms with E-state index in [1.807, 2.05) is 54.0 Å². The van der Waals surface area contributed by atoms with E-state index in [0.717, 1.165) is 16.9 Å². The molecule has 0 radical (unpaired) electrons. The fourth-order valence-electron chi connectivity index (χ4n) is 3.32. The van der Waals surface area contributed by atoms with Gasteiger partial charge in [0.1, 0.15) is 12.4 Å². The summed E-state index contributed by atoms with van der Waals surface area (Å²) in [6.07, 6.45) is 2.37. The molecule has 4 rings (SSSR count). The maximum absolute atomic E-state index is 12.7. The molecule has 1 aromatic heterocycles. The predicted octanol–water partition coefficient (Wildman–Crippen LogP) is 3.61. The average molecular weight is 319 g/mol. The zero-order valence-electron chi connectivity index (χ0n) is 13.8. The van der Waals surface area contributed by atoms with Gasteiger partial charge in [-0.3, -0.25) is 4.79 Å². The number of fused-ring (bicyclic) bond motifs is 1. The summed E-state index contributed by atoms with van der Waals surface area (Å²) in [5.74, 6) is 1.48. The number of benzene rings is 2. The Hall–Kier alpha value is -2.62. The molecule has 0 spiro atoms. The van der Waals surface area contributed by atoms with E-state index in [-0.39, 0.29) is 11.9 Å². The third-order valence-electron chi connectivity index (χ3n) is 4.72. The van der Waals surface area contributed by atoms with Gasteiger partial charge in [0.05, 0.1) is 17.1 Å². The first-order valence-corrected chi connectivity index (χ1v) is 8.48. The number of carbonyl (C=O) groups excluding carboxylic acids is 1. The second kappa shape index (κ2) is 6.11. The number of nitrogens with one attached hydrogen (secondary N) is 1. The van der Waals surface area contributed by atoms with Gasteiger partial charge in [0, 0.05) is 0 Å². The van der Waals surface area contributed by atoms with Gasteiger partial charge in [0.2, 0.25) is 5.91 Å². The van der Waals surface area contributed by atoms with Crippen molar-refractivity contribution in [2.45, 2.75) is 32.4 Å². The Morgan fingerprint density at radius 2 is 1.88 bits per heavy atom. The minimum Gasteiger partial charge on any atom is -0.347 e. The van der Waals surface area contributed by atoms with Crippen LogP contribution in [0, 0.1) is 12.8 Å². The predicted molar refractivity (Wildman–Crippen MR) is 94.5 cm³/mol. The van der Waals surface area contributed by atoms with Gasteiger partial charge in [-0.25, -0.2) is 4.98 Å². The summed E-state index contributed by atoms with van der Waals surface area (Å²) >= 11 is 0. The maximum Gasteiger partial charge on any atom is 0.240 e. The van der Waals surface area contributed by atoms with Crippen LogP contribution in [0.4, 0.5) is 0 Å². The fourth-order valence-corrected chi connectivity index (χ4v) is 3.32. The fraction of sp³-hybridized carbons (Fsp3) is 0.300. The number of nitrogens with zero attached hydrogens (tertiary/aromatic N) is 2. The van der Waals surface area contributed by atoms with Crippen LogP contribution in [0.3, 0.4) is 0 Å². The summed E-state index contributed by atoms with van der Waals surface area (Å²) in [5, 5.41) is 3.24. The number of hydrogen-bond acceptors (Lipinski definition) is 2. The highest BCUT2D eigenvalue weighted by molar-refractivity contribution is 5.81. The SMILES string of the molecule is Cc1nc2ccccc2n1CC(=O)NC(c1ccccc1)C1CC1. The molecule has 1 N–H and O–H groups in total. The minimum atomic E-state index is 0.0435. The van der Waals surface area contributed by atoms with Gasteiger partial charge in [-0.15, -0.1) is 0 Å². The molecule has 0 saturated heterocycles. The number of carbonyl (C=O) groups is 1. The van der Waals surface area contributed by atoms with Crippen molar-refractivity contribution in [3.63, 3.8) is 0 Å². The topological polar surface area (TPSA) is 46.9 Å². The lowest BCUT2D eigenvalue weighted by atomic mass is 10.0. The second-order valence-corrected chi connectivity index (χ2v) is 6.53. The molecule has 0 aliphatic heterocycles. The summed E-state index contributed by atoms with van der Waals surface area (Å²) in [6.45, 7) is 2.26. The maximum atomic E-state index is 12.7. The molecule has 1 fully saturated rings. The monoisotopic (exact) mass is 319 g/mol. The zero-order chi connectivity index (χ0) is 16.5. The van der Waals surface area contributed by atoms with Gasteiger partial charge in [0.15, 0.2) is 0 Å². The van der Waals surface area contributed by atoms with E-state index in [1.54, 1.807) is 0 Å². The third kappa shape index (κ3) is 2.92. The summed E-state index contributed by atoms with van der Waals surface area (Å²) in [4.78, 5) is 17.2. The standard InChI is InChI=1S/C20H21N3O/c1-14-21-17-9-5-6-10-18(17)23(14)13-19(24)22-20(16-11-12-16)15-7-3-2-4-8-15/h2-10,16,20H,11-13H2,1H3,(H,22,24). The Morgan fingerprint density at radius 3 is 2.62 bits per heavy atom. The highest BCUT2D eigenvalue weighted by Crippen LogP contribution is 2.40. The van der Waals surface area contributed by atoms with Crippen molar-refractivity contribution in [2.75, 3.05) is 0 Å². The van der Waals surface area contributed by atoms with Crippen molar-refractivity contribution in [1.29, 1.82) is 0 Å². The van der Waals surface area contributed by atoms with E-state index in [2.05, 4.69) is 22.4 Å². The van der Waals surface area contributed by atoms with Gasteiger partial charge in [-0.05, 0) is 43.4 Å². The van der Waals surface area contributed by atoms with Crippen molar-refractivity contribution in [3.05, 3.63) is 66.0 Å². The lowest BCUT2D eigenvalue weighted by Crippen LogP contribution is -2.32. The molecule has 1 atom stereocenters. The van der Waals surface area contributed by atoms with E-state index in [9.17, 15) is 4.79 Å². The Bertz CT molecular complexity index is 865.